The molecule has 1 fully saturated rings. The Morgan fingerprint density at radius 3 is 2.10 bits per heavy atom. The lowest BCUT2D eigenvalue weighted by Gasteiger charge is -2.46. The Bertz CT molecular complexity index is 1150. The summed E-state index contributed by atoms with van der Waals surface area (Å²) in [6, 6.07) is -0.223. The molecule has 0 radical (unpaired) electrons. The number of carbonyl (C=O) groups is 4. The number of nitrogens with zero attached hydrogens (tertiary/aromatic N) is 2. The van der Waals surface area contributed by atoms with Crippen LogP contribution in [0.5, 0.6) is 0 Å². The molecule has 0 aliphatic carbocycles. The summed E-state index contributed by atoms with van der Waals surface area (Å²) in [5, 5.41) is 1.53. The fourth-order valence-electron chi connectivity index (χ4n) is 4.99. The van der Waals surface area contributed by atoms with Crippen molar-refractivity contribution in [3.63, 3.8) is 0 Å². The van der Waals surface area contributed by atoms with E-state index in [1.165, 1.54) is 5.32 Å². The van der Waals surface area contributed by atoms with Crippen LogP contribution in [-0.4, -0.2) is 73.4 Å². The molecule has 0 unspecified atom stereocenters. The Labute approximate surface area is 214 Å². The van der Waals surface area contributed by atoms with Crippen LogP contribution < -0.4 is 10.2 Å². The van der Waals surface area contributed by atoms with Gasteiger partial charge < -0.3 is 19.9 Å². The molecule has 0 bridgehead atoms. The highest BCUT2D eigenvalue weighted by molar-refractivity contribution is 6.00. The minimum Gasteiger partial charge on any atom is -0.465 e. The van der Waals surface area contributed by atoms with Gasteiger partial charge in [0.25, 0.3) is 0 Å². The van der Waals surface area contributed by atoms with Gasteiger partial charge in [0, 0.05) is 30.7 Å². The van der Waals surface area contributed by atoms with Gasteiger partial charge in [0.05, 0.1) is 18.7 Å². The lowest BCUT2D eigenvalue weighted by atomic mass is 9.79. The third-order valence-electron chi connectivity index (χ3n) is 6.48. The fraction of sp³-hybridized carbons (Fsp3) is 0.545. The molecule has 1 saturated heterocycles. The van der Waals surface area contributed by atoms with Crippen LogP contribution in [0, 0.1) is 5.92 Å². The van der Waals surface area contributed by atoms with Gasteiger partial charge in [-0.2, -0.15) is 39.5 Å². The quantitative estimate of drug-likeness (QED) is 0.328. The number of hydrogen-bond donors (Lipinski definition) is 1. The van der Waals surface area contributed by atoms with Crippen LogP contribution in [0.25, 0.3) is 0 Å². The van der Waals surface area contributed by atoms with E-state index in [1.807, 2.05) is 0 Å². The maximum atomic E-state index is 13.6. The number of carbonyl (C=O) groups excluding carboxylic acids is 4. The highest BCUT2D eigenvalue weighted by atomic mass is 19.4. The number of ether oxygens (including phenoxy) is 1. The third-order valence-corrected chi connectivity index (χ3v) is 6.48. The molecular formula is C22H20F9N3O5. The largest absolute Gasteiger partial charge is 0.471 e. The summed E-state index contributed by atoms with van der Waals surface area (Å²) < 4.78 is 123. The number of esters is 1. The summed E-state index contributed by atoms with van der Waals surface area (Å²) in [6.07, 6.45) is -17.2. The molecule has 0 saturated carbocycles. The fourth-order valence-corrected chi connectivity index (χ4v) is 4.99. The summed E-state index contributed by atoms with van der Waals surface area (Å²) in [5.41, 5.74) is -1.14. The van der Waals surface area contributed by atoms with Crippen LogP contribution in [0.1, 0.15) is 41.2 Å². The van der Waals surface area contributed by atoms with Crippen molar-refractivity contribution >= 4 is 29.4 Å². The van der Waals surface area contributed by atoms with E-state index in [2.05, 4.69) is 4.74 Å². The smallest absolute Gasteiger partial charge is 0.465 e. The van der Waals surface area contributed by atoms with Crippen molar-refractivity contribution in [2.75, 3.05) is 25.1 Å². The first-order chi connectivity index (χ1) is 17.9. The molecule has 8 nitrogen and oxygen atoms in total. The highest BCUT2D eigenvalue weighted by Gasteiger charge is 2.57. The van der Waals surface area contributed by atoms with Gasteiger partial charge in [0.2, 0.25) is 0 Å². The molecule has 3 amide bonds. The van der Waals surface area contributed by atoms with Crippen LogP contribution in [0.15, 0.2) is 18.2 Å². The molecule has 2 aliphatic heterocycles. The van der Waals surface area contributed by atoms with E-state index in [9.17, 15) is 58.7 Å². The van der Waals surface area contributed by atoms with E-state index in [1.54, 1.807) is 0 Å². The number of alkyl halides is 9. The Kier molecular flexibility index (Phi) is 8.13. The lowest BCUT2D eigenvalue weighted by Crippen LogP contribution is -2.55. The number of nitrogens with one attached hydrogen (secondary N) is 1. The van der Waals surface area contributed by atoms with E-state index in [0.717, 1.165) is 25.3 Å². The summed E-state index contributed by atoms with van der Waals surface area (Å²) >= 11 is 0. The normalized spacial score (nSPS) is 21.2. The zero-order valence-corrected chi connectivity index (χ0v) is 19.8. The molecule has 2 aliphatic rings. The first-order valence-electron chi connectivity index (χ1n) is 11.2. The third kappa shape index (κ3) is 6.06. The average Bonchev–Trinajstić information content (AvgIpc) is 3.27. The molecular weight excluding hydrogens is 557 g/mol. The van der Waals surface area contributed by atoms with Crippen LogP contribution in [0.4, 0.5) is 45.2 Å². The Hall–Kier alpha value is -3.53. The molecule has 1 N–H and O–H groups in total. The first kappa shape index (κ1) is 30.0. The highest BCUT2D eigenvalue weighted by Crippen LogP contribution is 2.52. The Morgan fingerprint density at radius 1 is 0.949 bits per heavy atom. The summed E-state index contributed by atoms with van der Waals surface area (Å²) in [4.78, 5) is 48.5. The lowest BCUT2D eigenvalue weighted by molar-refractivity contribution is -0.187. The molecule has 2 heterocycles. The van der Waals surface area contributed by atoms with Crippen molar-refractivity contribution in [2.45, 2.75) is 49.9 Å². The van der Waals surface area contributed by atoms with Gasteiger partial charge in [-0.3, -0.25) is 14.4 Å². The Morgan fingerprint density at radius 2 is 1.56 bits per heavy atom. The summed E-state index contributed by atoms with van der Waals surface area (Å²) in [7, 11) is 0.979. The molecule has 39 heavy (non-hydrogen) atoms. The van der Waals surface area contributed by atoms with E-state index >= 15 is 0 Å². The summed E-state index contributed by atoms with van der Waals surface area (Å²) in [5.74, 6) is -9.22. The minimum absolute atomic E-state index is 0.269. The number of benzene rings is 1. The predicted octanol–water partition coefficient (Wildman–Crippen LogP) is 3.66. The molecule has 0 spiro atoms. The van der Waals surface area contributed by atoms with E-state index in [4.69, 9.17) is 0 Å². The van der Waals surface area contributed by atoms with Gasteiger partial charge in [0.1, 0.15) is 0 Å². The van der Waals surface area contributed by atoms with Crippen LogP contribution in [0.2, 0.25) is 0 Å². The molecule has 17 heteroatoms. The van der Waals surface area contributed by atoms with Crippen molar-refractivity contribution in [3.8, 4) is 0 Å². The van der Waals surface area contributed by atoms with Crippen LogP contribution in [0.3, 0.4) is 0 Å². The molecule has 3 atom stereocenters. The van der Waals surface area contributed by atoms with E-state index < -0.39 is 85.4 Å². The van der Waals surface area contributed by atoms with Crippen molar-refractivity contribution in [1.29, 1.82) is 0 Å². The van der Waals surface area contributed by atoms with Crippen molar-refractivity contribution in [1.82, 2.24) is 10.2 Å². The van der Waals surface area contributed by atoms with E-state index in [-0.39, 0.29) is 28.9 Å². The van der Waals surface area contributed by atoms with Gasteiger partial charge in [-0.25, -0.2) is 4.79 Å². The minimum atomic E-state index is -5.46. The number of fused-ring (bicyclic) bond motifs is 3. The number of methoxy groups -OCH3 is 1. The van der Waals surface area contributed by atoms with Crippen molar-refractivity contribution in [3.05, 3.63) is 29.3 Å². The number of halogens is 9. The van der Waals surface area contributed by atoms with Crippen molar-refractivity contribution < 1.29 is 63.4 Å². The zero-order valence-electron chi connectivity index (χ0n) is 19.8. The number of likely N-dealkylation sites (tertiary alicyclic amines) is 1. The van der Waals surface area contributed by atoms with Crippen LogP contribution >= 0.6 is 0 Å². The van der Waals surface area contributed by atoms with Crippen LogP contribution in [-0.2, 0) is 19.1 Å². The van der Waals surface area contributed by atoms with Crippen molar-refractivity contribution in [2.24, 2.45) is 5.92 Å². The molecule has 216 valence electrons. The molecule has 1 aromatic rings. The number of rotatable bonds is 5. The monoisotopic (exact) mass is 577 g/mol. The van der Waals surface area contributed by atoms with Gasteiger partial charge in [-0.1, -0.05) is 0 Å². The predicted molar refractivity (Wildman–Crippen MR) is 112 cm³/mol. The second-order valence-electron chi connectivity index (χ2n) is 8.79. The maximum absolute atomic E-state index is 13.6. The maximum Gasteiger partial charge on any atom is 0.471 e. The van der Waals surface area contributed by atoms with Gasteiger partial charge in [-0.15, -0.1) is 0 Å². The standard InChI is InChI=1S/C22H20F9N3O5/c1-39-16(35)10-4-5-14-12(9-10)15-11(6-8-33(15)18(37)21(26,27)28)13(34(14)19(38)22(29,30)31)3-2-7-32-17(36)20(23,24)25/h4-5,9,11,13,15H,2-3,6-8H2,1H3,(H,32,36)/t11-,13-,15-/m0/s1. The Balaban J connectivity index is 2.09. The second kappa shape index (κ2) is 10.6. The van der Waals surface area contributed by atoms with Gasteiger partial charge in [-0.05, 0) is 43.0 Å². The topological polar surface area (TPSA) is 96.0 Å². The number of hydrogen-bond acceptors (Lipinski definition) is 5. The summed E-state index contributed by atoms with van der Waals surface area (Å²) in [6.45, 7) is -1.23. The molecule has 0 aromatic heterocycles. The SMILES string of the molecule is COC(=O)c1ccc2c(c1)[C@@H]1[C@@H](CCN1C(=O)C(F)(F)F)[C@H](CCCNC(=O)C(F)(F)F)N2C(=O)C(F)(F)F. The first-order valence-corrected chi connectivity index (χ1v) is 11.2. The molecule has 1 aromatic carbocycles. The number of amides is 3. The molecule has 3 rings (SSSR count). The second-order valence-corrected chi connectivity index (χ2v) is 8.79. The van der Waals surface area contributed by atoms with Gasteiger partial charge >= 0.3 is 42.2 Å². The zero-order chi connectivity index (χ0) is 29.5. The van der Waals surface area contributed by atoms with E-state index in [0.29, 0.717) is 4.90 Å². The number of anilines is 1. The average molecular weight is 577 g/mol. The van der Waals surface area contributed by atoms with Gasteiger partial charge in [0.15, 0.2) is 0 Å².